The van der Waals surface area contributed by atoms with E-state index in [1.165, 1.54) is 42.9 Å². The molecule has 0 bridgehead atoms. The third kappa shape index (κ3) is 2.40. The molecule has 2 aromatic carbocycles. The van der Waals surface area contributed by atoms with Crippen LogP contribution in [-0.2, 0) is 5.41 Å². The average molecular weight is 308 g/mol. The van der Waals surface area contributed by atoms with Gasteiger partial charge in [0.25, 0.3) is 0 Å². The molecule has 23 heavy (non-hydrogen) atoms. The topological polar surface area (TPSA) is 15.7 Å². The smallest absolute Gasteiger partial charge is 0.120 e. The van der Waals surface area contributed by atoms with Crippen molar-refractivity contribution in [2.75, 3.05) is 38.7 Å². The first kappa shape index (κ1) is 14.6. The van der Waals surface area contributed by atoms with Gasteiger partial charge in [-0.2, -0.15) is 0 Å². The summed E-state index contributed by atoms with van der Waals surface area (Å²) in [6.07, 6.45) is 2.46. The Bertz CT molecular complexity index is 690. The van der Waals surface area contributed by atoms with Gasteiger partial charge in [0.05, 0.1) is 7.11 Å². The molecular weight excluding hydrogens is 284 g/mol. The lowest BCUT2D eigenvalue weighted by molar-refractivity contribution is 0.198. The zero-order valence-corrected chi connectivity index (χ0v) is 14.0. The molecule has 2 aliphatic heterocycles. The maximum atomic E-state index is 5.48. The molecule has 1 fully saturated rings. The molecule has 3 heteroatoms. The van der Waals surface area contributed by atoms with Crippen molar-refractivity contribution in [3.63, 3.8) is 0 Å². The molecule has 0 unspecified atom stereocenters. The van der Waals surface area contributed by atoms with Crippen molar-refractivity contribution in [1.29, 1.82) is 0 Å². The average Bonchev–Trinajstić information content (AvgIpc) is 2.92. The molecule has 2 aliphatic rings. The van der Waals surface area contributed by atoms with E-state index in [2.05, 4.69) is 65.4 Å². The SMILES string of the molecule is COc1ccc2c(c1)N(c1ccccc1)CC21CCN(C)CC1. The highest BCUT2D eigenvalue weighted by atomic mass is 16.5. The van der Waals surface area contributed by atoms with Crippen molar-refractivity contribution in [3.8, 4) is 5.75 Å². The second-order valence-corrected chi connectivity index (χ2v) is 6.89. The first-order valence-corrected chi connectivity index (χ1v) is 8.41. The van der Waals surface area contributed by atoms with Gasteiger partial charge in [-0.15, -0.1) is 0 Å². The van der Waals surface area contributed by atoms with Crippen LogP contribution in [0.3, 0.4) is 0 Å². The van der Waals surface area contributed by atoms with Gasteiger partial charge in [0.15, 0.2) is 0 Å². The zero-order valence-electron chi connectivity index (χ0n) is 14.0. The monoisotopic (exact) mass is 308 g/mol. The van der Waals surface area contributed by atoms with Crippen LogP contribution in [0, 0.1) is 0 Å². The minimum Gasteiger partial charge on any atom is -0.497 e. The number of ether oxygens (including phenoxy) is 1. The highest BCUT2D eigenvalue weighted by molar-refractivity contribution is 5.74. The van der Waals surface area contributed by atoms with Crippen molar-refractivity contribution in [2.45, 2.75) is 18.3 Å². The van der Waals surface area contributed by atoms with Gasteiger partial charge in [-0.3, -0.25) is 0 Å². The Kier molecular flexibility index (Phi) is 3.53. The van der Waals surface area contributed by atoms with Crippen LogP contribution in [0.2, 0.25) is 0 Å². The molecule has 3 nitrogen and oxygen atoms in total. The maximum Gasteiger partial charge on any atom is 0.120 e. The van der Waals surface area contributed by atoms with Gasteiger partial charge >= 0.3 is 0 Å². The van der Waals surface area contributed by atoms with Crippen LogP contribution in [-0.4, -0.2) is 38.7 Å². The van der Waals surface area contributed by atoms with Crippen LogP contribution in [0.4, 0.5) is 11.4 Å². The van der Waals surface area contributed by atoms with Crippen LogP contribution in [0.15, 0.2) is 48.5 Å². The van der Waals surface area contributed by atoms with E-state index in [-0.39, 0.29) is 5.41 Å². The molecule has 0 N–H and O–H groups in total. The van der Waals surface area contributed by atoms with Gasteiger partial charge < -0.3 is 14.5 Å². The summed E-state index contributed by atoms with van der Waals surface area (Å²) in [5.74, 6) is 0.939. The van der Waals surface area contributed by atoms with Gasteiger partial charge in [0, 0.05) is 29.4 Å². The lowest BCUT2D eigenvalue weighted by Gasteiger charge is -2.38. The van der Waals surface area contributed by atoms with Crippen molar-refractivity contribution < 1.29 is 4.74 Å². The summed E-state index contributed by atoms with van der Waals surface area (Å²) in [4.78, 5) is 4.92. The van der Waals surface area contributed by atoms with Crippen molar-refractivity contribution in [2.24, 2.45) is 0 Å². The number of anilines is 2. The summed E-state index contributed by atoms with van der Waals surface area (Å²) in [6.45, 7) is 3.43. The largest absolute Gasteiger partial charge is 0.497 e. The number of benzene rings is 2. The van der Waals surface area contributed by atoms with E-state index in [1.54, 1.807) is 7.11 Å². The fourth-order valence-corrected chi connectivity index (χ4v) is 4.10. The number of fused-ring (bicyclic) bond motifs is 2. The van der Waals surface area contributed by atoms with Gasteiger partial charge in [-0.1, -0.05) is 24.3 Å². The van der Waals surface area contributed by atoms with Crippen LogP contribution >= 0.6 is 0 Å². The van der Waals surface area contributed by atoms with E-state index >= 15 is 0 Å². The molecule has 0 radical (unpaired) electrons. The Labute approximate surface area is 138 Å². The van der Waals surface area contributed by atoms with E-state index in [0.717, 1.165) is 12.3 Å². The summed E-state index contributed by atoms with van der Waals surface area (Å²) < 4.78 is 5.48. The van der Waals surface area contributed by atoms with Crippen molar-refractivity contribution >= 4 is 11.4 Å². The third-order valence-corrected chi connectivity index (χ3v) is 5.54. The van der Waals surface area contributed by atoms with Gasteiger partial charge in [-0.05, 0) is 56.7 Å². The molecule has 1 spiro atoms. The number of likely N-dealkylation sites (tertiary alicyclic amines) is 1. The standard InChI is InChI=1S/C20H24N2O/c1-21-12-10-20(11-13-21)15-22(16-6-4-3-5-7-16)19-14-17(23-2)8-9-18(19)20/h3-9,14H,10-13,15H2,1-2H3. The van der Waals surface area contributed by atoms with Gasteiger partial charge in [0.1, 0.15) is 5.75 Å². The Morgan fingerprint density at radius 1 is 1.00 bits per heavy atom. The van der Waals surface area contributed by atoms with E-state index in [4.69, 9.17) is 4.74 Å². The van der Waals surface area contributed by atoms with Gasteiger partial charge in [0.2, 0.25) is 0 Å². The van der Waals surface area contributed by atoms with Crippen LogP contribution in [0.5, 0.6) is 5.75 Å². The maximum absolute atomic E-state index is 5.48. The fraction of sp³-hybridized carbons (Fsp3) is 0.400. The Hall–Kier alpha value is -2.00. The zero-order chi connectivity index (χ0) is 15.9. The summed E-state index contributed by atoms with van der Waals surface area (Å²) >= 11 is 0. The normalized spacial score (nSPS) is 19.8. The molecule has 0 saturated carbocycles. The second kappa shape index (κ2) is 5.57. The highest BCUT2D eigenvalue weighted by Gasteiger charge is 2.44. The van der Waals surface area contributed by atoms with Crippen LogP contribution < -0.4 is 9.64 Å². The quantitative estimate of drug-likeness (QED) is 0.839. The summed E-state index contributed by atoms with van der Waals surface area (Å²) in [5, 5.41) is 0. The number of hydrogen-bond donors (Lipinski definition) is 0. The minimum atomic E-state index is 0.282. The Morgan fingerprint density at radius 3 is 2.43 bits per heavy atom. The summed E-state index contributed by atoms with van der Waals surface area (Å²) in [6, 6.07) is 17.3. The molecule has 4 rings (SSSR count). The predicted molar refractivity (Wildman–Crippen MR) is 94.9 cm³/mol. The molecule has 0 aliphatic carbocycles. The number of rotatable bonds is 2. The predicted octanol–water partition coefficient (Wildman–Crippen LogP) is 3.81. The van der Waals surface area contributed by atoms with E-state index in [1.807, 2.05) is 0 Å². The molecule has 1 saturated heterocycles. The highest BCUT2D eigenvalue weighted by Crippen LogP contribution is 2.50. The van der Waals surface area contributed by atoms with Gasteiger partial charge in [-0.25, -0.2) is 0 Å². The number of nitrogens with zero attached hydrogens (tertiary/aromatic N) is 2. The molecule has 2 aromatic rings. The summed E-state index contributed by atoms with van der Waals surface area (Å²) in [7, 11) is 3.97. The number of hydrogen-bond acceptors (Lipinski definition) is 3. The Morgan fingerprint density at radius 2 is 1.74 bits per heavy atom. The van der Waals surface area contributed by atoms with E-state index in [9.17, 15) is 0 Å². The lowest BCUT2D eigenvalue weighted by atomic mass is 9.74. The molecule has 0 aromatic heterocycles. The first-order chi connectivity index (χ1) is 11.2. The molecule has 0 atom stereocenters. The third-order valence-electron chi connectivity index (χ3n) is 5.54. The number of para-hydroxylation sites is 1. The Balaban J connectivity index is 1.80. The number of methoxy groups -OCH3 is 1. The van der Waals surface area contributed by atoms with Crippen molar-refractivity contribution in [1.82, 2.24) is 4.90 Å². The molecule has 2 heterocycles. The number of piperidine rings is 1. The van der Waals surface area contributed by atoms with Crippen LogP contribution in [0.25, 0.3) is 0 Å². The second-order valence-electron chi connectivity index (χ2n) is 6.89. The van der Waals surface area contributed by atoms with Crippen LogP contribution in [0.1, 0.15) is 18.4 Å². The minimum absolute atomic E-state index is 0.282. The lowest BCUT2D eigenvalue weighted by Crippen LogP contribution is -2.43. The van der Waals surface area contributed by atoms with E-state index < -0.39 is 0 Å². The van der Waals surface area contributed by atoms with E-state index in [0.29, 0.717) is 0 Å². The first-order valence-electron chi connectivity index (χ1n) is 8.41. The summed E-state index contributed by atoms with van der Waals surface area (Å²) in [5.41, 5.74) is 4.37. The molecular formula is C20H24N2O. The molecule has 120 valence electrons. The van der Waals surface area contributed by atoms with Crippen molar-refractivity contribution in [3.05, 3.63) is 54.1 Å². The fourth-order valence-electron chi connectivity index (χ4n) is 4.10. The molecule has 0 amide bonds.